The average molecular weight is 247 g/mol. The lowest BCUT2D eigenvalue weighted by molar-refractivity contribution is 0.194. The molecular weight excluding hydrogens is 229 g/mol. The van der Waals surface area contributed by atoms with E-state index >= 15 is 0 Å². The SMILES string of the molecule is CN1CCCCC1CNc1ccc(F)cc1C#N. The van der Waals surface area contributed by atoms with Crippen LogP contribution in [0.1, 0.15) is 24.8 Å². The lowest BCUT2D eigenvalue weighted by Gasteiger charge is -2.32. The van der Waals surface area contributed by atoms with Crippen LogP contribution in [0.15, 0.2) is 18.2 Å². The van der Waals surface area contributed by atoms with E-state index in [1.165, 1.54) is 31.4 Å². The van der Waals surface area contributed by atoms with Gasteiger partial charge in [0.15, 0.2) is 0 Å². The van der Waals surface area contributed by atoms with Crippen molar-refractivity contribution in [3.05, 3.63) is 29.6 Å². The summed E-state index contributed by atoms with van der Waals surface area (Å²) in [6, 6.07) is 6.80. The molecule has 3 nitrogen and oxygen atoms in total. The standard InChI is InChI=1S/C14H18FN3/c1-18-7-3-2-4-13(18)10-17-14-6-5-12(15)8-11(14)9-16/h5-6,8,13,17H,2-4,7,10H2,1H3. The van der Waals surface area contributed by atoms with Gasteiger partial charge in [-0.2, -0.15) is 5.26 Å². The highest BCUT2D eigenvalue weighted by molar-refractivity contribution is 5.57. The fourth-order valence-corrected chi connectivity index (χ4v) is 2.39. The molecule has 1 fully saturated rings. The van der Waals surface area contributed by atoms with Gasteiger partial charge in [-0.15, -0.1) is 0 Å². The molecule has 0 aromatic heterocycles. The van der Waals surface area contributed by atoms with Gasteiger partial charge in [-0.1, -0.05) is 6.42 Å². The molecule has 0 saturated carbocycles. The molecule has 1 aliphatic rings. The molecule has 18 heavy (non-hydrogen) atoms. The van der Waals surface area contributed by atoms with Crippen LogP contribution in [0.2, 0.25) is 0 Å². The second kappa shape index (κ2) is 5.83. The van der Waals surface area contributed by atoms with E-state index < -0.39 is 0 Å². The zero-order valence-corrected chi connectivity index (χ0v) is 10.6. The minimum atomic E-state index is -0.369. The number of halogens is 1. The molecule has 0 bridgehead atoms. The Bertz CT molecular complexity index is 453. The lowest BCUT2D eigenvalue weighted by atomic mass is 10.0. The lowest BCUT2D eigenvalue weighted by Crippen LogP contribution is -2.40. The van der Waals surface area contributed by atoms with Gasteiger partial charge in [0.05, 0.1) is 11.3 Å². The fraction of sp³-hybridized carbons (Fsp3) is 0.500. The number of rotatable bonds is 3. The highest BCUT2D eigenvalue weighted by Crippen LogP contribution is 2.19. The summed E-state index contributed by atoms with van der Waals surface area (Å²) in [5, 5.41) is 12.2. The largest absolute Gasteiger partial charge is 0.382 e. The van der Waals surface area contributed by atoms with Crippen LogP contribution in [0.25, 0.3) is 0 Å². The maximum atomic E-state index is 13.0. The maximum Gasteiger partial charge on any atom is 0.124 e. The highest BCUT2D eigenvalue weighted by atomic mass is 19.1. The molecule has 0 spiro atoms. The minimum absolute atomic E-state index is 0.369. The van der Waals surface area contributed by atoms with Crippen LogP contribution in [0.3, 0.4) is 0 Å². The van der Waals surface area contributed by atoms with E-state index in [0.717, 1.165) is 18.8 Å². The summed E-state index contributed by atoms with van der Waals surface area (Å²) in [5.41, 5.74) is 1.09. The predicted octanol–water partition coefficient (Wildman–Crippen LogP) is 2.59. The number of piperidine rings is 1. The molecule has 1 heterocycles. The van der Waals surface area contributed by atoms with Crippen molar-refractivity contribution < 1.29 is 4.39 Å². The normalized spacial score (nSPS) is 20.4. The third kappa shape index (κ3) is 2.99. The molecule has 4 heteroatoms. The van der Waals surface area contributed by atoms with Crippen LogP contribution < -0.4 is 5.32 Å². The first-order valence-corrected chi connectivity index (χ1v) is 6.34. The van der Waals surface area contributed by atoms with E-state index in [2.05, 4.69) is 17.3 Å². The Morgan fingerprint density at radius 1 is 1.50 bits per heavy atom. The number of anilines is 1. The number of hydrogen-bond donors (Lipinski definition) is 1. The van der Waals surface area contributed by atoms with E-state index in [-0.39, 0.29) is 5.82 Å². The topological polar surface area (TPSA) is 39.1 Å². The van der Waals surface area contributed by atoms with E-state index in [1.807, 2.05) is 6.07 Å². The van der Waals surface area contributed by atoms with E-state index in [4.69, 9.17) is 5.26 Å². The first kappa shape index (κ1) is 12.8. The quantitative estimate of drug-likeness (QED) is 0.892. The summed E-state index contributed by atoms with van der Waals surface area (Å²) in [7, 11) is 2.13. The molecule has 1 unspecified atom stereocenters. The molecule has 1 aromatic carbocycles. The fourth-order valence-electron chi connectivity index (χ4n) is 2.39. The number of likely N-dealkylation sites (tertiary alicyclic amines) is 1. The highest BCUT2D eigenvalue weighted by Gasteiger charge is 2.18. The maximum absolute atomic E-state index is 13.0. The summed E-state index contributed by atoms with van der Waals surface area (Å²) in [6.07, 6.45) is 3.69. The van der Waals surface area contributed by atoms with Crippen LogP contribution in [0.4, 0.5) is 10.1 Å². The molecular formula is C14H18FN3. The Morgan fingerprint density at radius 2 is 2.33 bits per heavy atom. The number of likely N-dealkylation sites (N-methyl/N-ethyl adjacent to an activating group) is 1. The minimum Gasteiger partial charge on any atom is -0.382 e. The average Bonchev–Trinajstić information content (AvgIpc) is 2.39. The van der Waals surface area contributed by atoms with E-state index in [9.17, 15) is 4.39 Å². The Labute approximate surface area is 107 Å². The molecule has 0 aliphatic carbocycles. The number of benzene rings is 1. The number of nitrogens with one attached hydrogen (secondary N) is 1. The van der Waals surface area contributed by atoms with Gasteiger partial charge in [-0.3, -0.25) is 0 Å². The van der Waals surface area contributed by atoms with Gasteiger partial charge in [0, 0.05) is 12.6 Å². The van der Waals surface area contributed by atoms with Gasteiger partial charge in [0.25, 0.3) is 0 Å². The molecule has 1 aromatic rings. The molecule has 2 rings (SSSR count). The summed E-state index contributed by atoms with van der Waals surface area (Å²) in [5.74, 6) is -0.369. The third-order valence-electron chi connectivity index (χ3n) is 3.55. The van der Waals surface area contributed by atoms with Crippen molar-refractivity contribution in [1.82, 2.24) is 4.90 Å². The molecule has 0 radical (unpaired) electrons. The molecule has 0 amide bonds. The Morgan fingerprint density at radius 3 is 3.06 bits per heavy atom. The van der Waals surface area contributed by atoms with Crippen molar-refractivity contribution in [1.29, 1.82) is 5.26 Å². The molecule has 96 valence electrons. The van der Waals surface area contributed by atoms with Gasteiger partial charge in [0.1, 0.15) is 11.9 Å². The summed E-state index contributed by atoms with van der Waals surface area (Å²) in [4.78, 5) is 2.34. The molecule has 1 saturated heterocycles. The summed E-state index contributed by atoms with van der Waals surface area (Å²) < 4.78 is 13.0. The van der Waals surface area contributed by atoms with Gasteiger partial charge >= 0.3 is 0 Å². The van der Waals surface area contributed by atoms with Crippen molar-refractivity contribution in [2.45, 2.75) is 25.3 Å². The van der Waals surface area contributed by atoms with Gasteiger partial charge < -0.3 is 10.2 Å². The van der Waals surface area contributed by atoms with Crippen LogP contribution >= 0.6 is 0 Å². The van der Waals surface area contributed by atoms with Crippen LogP contribution in [-0.2, 0) is 0 Å². The van der Waals surface area contributed by atoms with Gasteiger partial charge in [-0.25, -0.2) is 4.39 Å². The second-order valence-electron chi connectivity index (χ2n) is 4.81. The second-order valence-corrected chi connectivity index (χ2v) is 4.81. The van der Waals surface area contributed by atoms with Crippen molar-refractivity contribution in [3.63, 3.8) is 0 Å². The Balaban J connectivity index is 1.99. The Hall–Kier alpha value is -1.60. The molecule has 1 N–H and O–H groups in total. The number of nitriles is 1. The van der Waals surface area contributed by atoms with Crippen LogP contribution in [0.5, 0.6) is 0 Å². The third-order valence-corrected chi connectivity index (χ3v) is 3.55. The van der Waals surface area contributed by atoms with E-state index in [0.29, 0.717) is 11.6 Å². The number of nitrogens with zero attached hydrogens (tertiary/aromatic N) is 2. The smallest absolute Gasteiger partial charge is 0.124 e. The van der Waals surface area contributed by atoms with Crippen molar-refractivity contribution >= 4 is 5.69 Å². The first-order valence-electron chi connectivity index (χ1n) is 6.34. The van der Waals surface area contributed by atoms with Gasteiger partial charge in [0.2, 0.25) is 0 Å². The zero-order chi connectivity index (χ0) is 13.0. The van der Waals surface area contributed by atoms with Crippen molar-refractivity contribution in [2.24, 2.45) is 0 Å². The molecule has 1 aliphatic heterocycles. The summed E-state index contributed by atoms with van der Waals surface area (Å²) in [6.45, 7) is 1.93. The van der Waals surface area contributed by atoms with E-state index in [1.54, 1.807) is 6.07 Å². The van der Waals surface area contributed by atoms with Crippen molar-refractivity contribution in [2.75, 3.05) is 25.5 Å². The number of hydrogen-bond acceptors (Lipinski definition) is 3. The van der Waals surface area contributed by atoms with Crippen LogP contribution in [0, 0.1) is 17.1 Å². The predicted molar refractivity (Wildman–Crippen MR) is 69.9 cm³/mol. The zero-order valence-electron chi connectivity index (χ0n) is 10.6. The van der Waals surface area contributed by atoms with Crippen LogP contribution in [-0.4, -0.2) is 31.1 Å². The molecule has 1 atom stereocenters. The monoisotopic (exact) mass is 247 g/mol. The Kier molecular flexibility index (Phi) is 4.16. The van der Waals surface area contributed by atoms with Gasteiger partial charge in [-0.05, 0) is 44.6 Å². The van der Waals surface area contributed by atoms with Crippen molar-refractivity contribution in [3.8, 4) is 6.07 Å². The summed E-state index contributed by atoms with van der Waals surface area (Å²) >= 11 is 0. The first-order chi connectivity index (χ1) is 8.70.